The molecule has 0 aliphatic carbocycles. The van der Waals surface area contributed by atoms with E-state index in [9.17, 15) is 0 Å². The van der Waals surface area contributed by atoms with Crippen molar-refractivity contribution in [1.29, 1.82) is 0 Å². The molecule has 19 heavy (non-hydrogen) atoms. The predicted octanol–water partition coefficient (Wildman–Crippen LogP) is 1.34. The van der Waals surface area contributed by atoms with Crippen LogP contribution in [0.3, 0.4) is 0 Å². The van der Waals surface area contributed by atoms with E-state index >= 15 is 0 Å². The highest BCUT2D eigenvalue weighted by atomic mass is 15.3. The fourth-order valence-electron chi connectivity index (χ4n) is 2.29. The van der Waals surface area contributed by atoms with E-state index in [1.54, 1.807) is 6.20 Å². The van der Waals surface area contributed by atoms with E-state index in [1.165, 1.54) is 0 Å². The van der Waals surface area contributed by atoms with Crippen LogP contribution in [-0.2, 0) is 0 Å². The van der Waals surface area contributed by atoms with Gasteiger partial charge in [0.1, 0.15) is 0 Å². The number of piperazine rings is 1. The van der Waals surface area contributed by atoms with Crippen LogP contribution < -0.4 is 10.2 Å². The van der Waals surface area contributed by atoms with Gasteiger partial charge in [-0.15, -0.1) is 0 Å². The summed E-state index contributed by atoms with van der Waals surface area (Å²) in [6, 6.07) is 4.36. The summed E-state index contributed by atoms with van der Waals surface area (Å²) in [6.07, 6.45) is 7.33. The maximum Gasteiger partial charge on any atom is 0.225 e. The zero-order valence-electron chi connectivity index (χ0n) is 11.0. The van der Waals surface area contributed by atoms with Crippen LogP contribution in [0.4, 0.5) is 5.95 Å². The molecule has 0 spiro atoms. The van der Waals surface area contributed by atoms with Gasteiger partial charge in [-0.05, 0) is 13.0 Å². The number of aromatic nitrogens is 3. The second-order valence-corrected chi connectivity index (χ2v) is 4.76. The van der Waals surface area contributed by atoms with Gasteiger partial charge in [0.2, 0.25) is 5.95 Å². The average Bonchev–Trinajstić information content (AvgIpc) is 2.49. The number of nitrogens with zero attached hydrogens (tertiary/aromatic N) is 4. The van der Waals surface area contributed by atoms with Crippen LogP contribution in [0.15, 0.2) is 36.9 Å². The van der Waals surface area contributed by atoms with Crippen molar-refractivity contribution >= 4 is 5.95 Å². The molecule has 0 bridgehead atoms. The van der Waals surface area contributed by atoms with Crippen molar-refractivity contribution in [2.75, 3.05) is 24.5 Å². The standard InChI is InChI=1S/C14H17N5/c1-11-7-16-5-6-19(11)14-17-9-13(10-18-14)12-3-2-4-15-8-12/h2-4,8-11,16H,5-7H2,1H3. The molecule has 1 fully saturated rings. The topological polar surface area (TPSA) is 53.9 Å². The Morgan fingerprint density at radius 3 is 2.74 bits per heavy atom. The lowest BCUT2D eigenvalue weighted by atomic mass is 10.1. The third-order valence-electron chi connectivity index (χ3n) is 3.39. The number of anilines is 1. The van der Waals surface area contributed by atoms with Crippen molar-refractivity contribution in [2.24, 2.45) is 0 Å². The smallest absolute Gasteiger partial charge is 0.225 e. The molecule has 1 N–H and O–H groups in total. The molecule has 1 aliphatic rings. The van der Waals surface area contributed by atoms with Crippen molar-refractivity contribution in [3.63, 3.8) is 0 Å². The summed E-state index contributed by atoms with van der Waals surface area (Å²) >= 11 is 0. The first kappa shape index (κ1) is 12.0. The van der Waals surface area contributed by atoms with Crippen LogP contribution >= 0.6 is 0 Å². The molecular weight excluding hydrogens is 238 g/mol. The first-order valence-electron chi connectivity index (χ1n) is 6.54. The molecule has 98 valence electrons. The number of rotatable bonds is 2. The first-order valence-corrected chi connectivity index (χ1v) is 6.54. The maximum absolute atomic E-state index is 4.49. The average molecular weight is 255 g/mol. The molecule has 2 aromatic rings. The number of pyridine rings is 1. The molecule has 0 radical (unpaired) electrons. The van der Waals surface area contributed by atoms with Gasteiger partial charge >= 0.3 is 0 Å². The van der Waals surface area contributed by atoms with Crippen LogP contribution in [-0.4, -0.2) is 40.6 Å². The van der Waals surface area contributed by atoms with E-state index in [4.69, 9.17) is 0 Å². The maximum atomic E-state index is 4.49. The lowest BCUT2D eigenvalue weighted by molar-refractivity contribution is 0.493. The molecule has 2 aromatic heterocycles. The summed E-state index contributed by atoms with van der Waals surface area (Å²) in [4.78, 5) is 15.3. The van der Waals surface area contributed by atoms with E-state index in [0.29, 0.717) is 6.04 Å². The molecule has 3 rings (SSSR count). The summed E-state index contributed by atoms with van der Waals surface area (Å²) < 4.78 is 0. The highest BCUT2D eigenvalue weighted by Crippen LogP contribution is 2.18. The van der Waals surface area contributed by atoms with Crippen LogP contribution in [0.1, 0.15) is 6.92 Å². The Bertz CT molecular complexity index is 525. The second kappa shape index (κ2) is 5.32. The Morgan fingerprint density at radius 2 is 2.05 bits per heavy atom. The van der Waals surface area contributed by atoms with Gasteiger partial charge in [-0.25, -0.2) is 9.97 Å². The van der Waals surface area contributed by atoms with Crippen LogP contribution in [0.25, 0.3) is 11.1 Å². The highest BCUT2D eigenvalue weighted by molar-refractivity contribution is 5.60. The highest BCUT2D eigenvalue weighted by Gasteiger charge is 2.20. The molecule has 5 heteroatoms. The minimum absolute atomic E-state index is 0.429. The van der Waals surface area contributed by atoms with E-state index in [1.807, 2.05) is 30.7 Å². The first-order chi connectivity index (χ1) is 9.34. The number of hydrogen-bond acceptors (Lipinski definition) is 5. The quantitative estimate of drug-likeness (QED) is 0.877. The van der Waals surface area contributed by atoms with E-state index < -0.39 is 0 Å². The molecule has 0 saturated carbocycles. The minimum Gasteiger partial charge on any atom is -0.336 e. The fraction of sp³-hybridized carbons (Fsp3) is 0.357. The molecule has 0 amide bonds. The second-order valence-electron chi connectivity index (χ2n) is 4.76. The normalized spacial score (nSPS) is 19.4. The van der Waals surface area contributed by atoms with Crippen LogP contribution in [0, 0.1) is 0 Å². The van der Waals surface area contributed by atoms with Crippen LogP contribution in [0.2, 0.25) is 0 Å². The Morgan fingerprint density at radius 1 is 1.21 bits per heavy atom. The molecule has 0 aromatic carbocycles. The fourth-order valence-corrected chi connectivity index (χ4v) is 2.29. The SMILES string of the molecule is CC1CNCCN1c1ncc(-c2cccnc2)cn1. The van der Waals surface area contributed by atoms with Crippen molar-refractivity contribution in [3.05, 3.63) is 36.9 Å². The number of hydrogen-bond donors (Lipinski definition) is 1. The molecule has 1 saturated heterocycles. The lowest BCUT2D eigenvalue weighted by Crippen LogP contribution is -2.50. The summed E-state index contributed by atoms with van der Waals surface area (Å²) in [7, 11) is 0. The van der Waals surface area contributed by atoms with Gasteiger partial charge in [0, 0.05) is 61.6 Å². The Balaban J connectivity index is 1.83. The third-order valence-corrected chi connectivity index (χ3v) is 3.39. The van der Waals surface area contributed by atoms with Gasteiger partial charge in [0.15, 0.2) is 0 Å². The monoisotopic (exact) mass is 255 g/mol. The molecule has 3 heterocycles. The van der Waals surface area contributed by atoms with Crippen molar-refractivity contribution in [1.82, 2.24) is 20.3 Å². The molecule has 1 unspecified atom stereocenters. The van der Waals surface area contributed by atoms with Gasteiger partial charge in [-0.3, -0.25) is 4.98 Å². The van der Waals surface area contributed by atoms with Crippen molar-refractivity contribution < 1.29 is 0 Å². The lowest BCUT2D eigenvalue weighted by Gasteiger charge is -2.33. The molecule has 1 atom stereocenters. The number of nitrogens with one attached hydrogen (secondary N) is 1. The Hall–Kier alpha value is -2.01. The van der Waals surface area contributed by atoms with Gasteiger partial charge in [-0.2, -0.15) is 0 Å². The zero-order valence-corrected chi connectivity index (χ0v) is 11.0. The van der Waals surface area contributed by atoms with Gasteiger partial charge < -0.3 is 10.2 Å². The van der Waals surface area contributed by atoms with E-state index in [-0.39, 0.29) is 0 Å². The predicted molar refractivity (Wildman–Crippen MR) is 74.9 cm³/mol. The minimum atomic E-state index is 0.429. The van der Waals surface area contributed by atoms with Gasteiger partial charge in [0.05, 0.1) is 0 Å². The molecular formula is C14H17N5. The van der Waals surface area contributed by atoms with Crippen LogP contribution in [0.5, 0.6) is 0 Å². The third kappa shape index (κ3) is 2.56. The van der Waals surface area contributed by atoms with Gasteiger partial charge in [0.25, 0.3) is 0 Å². The largest absolute Gasteiger partial charge is 0.336 e. The Kier molecular flexibility index (Phi) is 3.37. The molecule has 1 aliphatic heterocycles. The molecule has 5 nitrogen and oxygen atoms in total. The summed E-state index contributed by atoms with van der Waals surface area (Å²) in [5.74, 6) is 0.807. The van der Waals surface area contributed by atoms with Crippen molar-refractivity contribution in [3.8, 4) is 11.1 Å². The summed E-state index contributed by atoms with van der Waals surface area (Å²) in [5.41, 5.74) is 2.04. The summed E-state index contributed by atoms with van der Waals surface area (Å²) in [6.45, 7) is 5.10. The summed E-state index contributed by atoms with van der Waals surface area (Å²) in [5, 5.41) is 3.37. The Labute approximate surface area is 112 Å². The van der Waals surface area contributed by atoms with Gasteiger partial charge in [-0.1, -0.05) is 6.07 Å². The van der Waals surface area contributed by atoms with E-state index in [0.717, 1.165) is 36.7 Å². The van der Waals surface area contributed by atoms with Crippen molar-refractivity contribution in [2.45, 2.75) is 13.0 Å². The zero-order chi connectivity index (χ0) is 13.1. The van der Waals surface area contributed by atoms with E-state index in [2.05, 4.69) is 32.1 Å².